The van der Waals surface area contributed by atoms with E-state index < -0.39 is 49.1 Å². The fourth-order valence-electron chi connectivity index (χ4n) is 2.79. The van der Waals surface area contributed by atoms with Crippen molar-refractivity contribution in [3.63, 3.8) is 0 Å². The first kappa shape index (κ1) is 21.4. The number of rotatable bonds is 6. The molecule has 2 heterocycles. The Morgan fingerprint density at radius 2 is 2.14 bits per heavy atom. The van der Waals surface area contributed by atoms with E-state index >= 15 is 0 Å². The van der Waals surface area contributed by atoms with Gasteiger partial charge in [0, 0.05) is 24.1 Å². The maximum absolute atomic E-state index is 12.0. The van der Waals surface area contributed by atoms with Crippen LogP contribution in [0.4, 0.5) is 0 Å². The van der Waals surface area contributed by atoms with Crippen LogP contribution < -0.4 is 15.8 Å². The van der Waals surface area contributed by atoms with Crippen LogP contribution in [0, 0.1) is 11.3 Å². The Hall–Kier alpha value is -2.36. The molecule has 1 unspecified atom stereocenters. The summed E-state index contributed by atoms with van der Waals surface area (Å²) in [5, 5.41) is 29.0. The Morgan fingerprint density at radius 1 is 1.38 bits per heavy atom. The summed E-state index contributed by atoms with van der Waals surface area (Å²) in [7, 11) is 0. The number of aromatic amines is 1. The highest BCUT2D eigenvalue weighted by Gasteiger charge is 2.48. The van der Waals surface area contributed by atoms with Crippen molar-refractivity contribution in [3.8, 4) is 11.8 Å². The Bertz CT molecular complexity index is 1100. The van der Waals surface area contributed by atoms with Gasteiger partial charge in [0.2, 0.25) is 0 Å². The third-order valence-corrected chi connectivity index (χ3v) is 5.49. The van der Waals surface area contributed by atoms with Crippen molar-refractivity contribution < 1.29 is 28.9 Å². The molecule has 1 aliphatic rings. The third-order valence-electron chi connectivity index (χ3n) is 4.05. The molecule has 0 bridgehead atoms. The molecule has 0 amide bonds. The van der Waals surface area contributed by atoms with Crippen LogP contribution in [0.2, 0.25) is 0 Å². The number of ether oxygens (including phenoxy) is 1. The third kappa shape index (κ3) is 4.80. The monoisotopic (exact) mass is 441 g/mol. The first-order chi connectivity index (χ1) is 13.7. The molecule has 0 aliphatic carbocycles. The summed E-state index contributed by atoms with van der Waals surface area (Å²) < 4.78 is 17.0. The molecular weight excluding hydrogens is 425 g/mol. The molecule has 29 heavy (non-hydrogen) atoms. The lowest BCUT2D eigenvalue weighted by Crippen LogP contribution is -2.38. The summed E-state index contributed by atoms with van der Waals surface area (Å²) in [6.07, 6.45) is -4.20. The van der Waals surface area contributed by atoms with Crippen molar-refractivity contribution in [3.05, 3.63) is 62.9 Å². The number of hydrogen-bond donors (Lipinski definition) is 4. The molecule has 4 N–H and O–H groups in total. The predicted octanol–water partition coefficient (Wildman–Crippen LogP) is -0.660. The van der Waals surface area contributed by atoms with E-state index in [1.54, 1.807) is 0 Å². The molecule has 2 aromatic rings. The minimum absolute atomic E-state index is 0.0808. The summed E-state index contributed by atoms with van der Waals surface area (Å²) in [5.41, 5.74) is -1.21. The minimum atomic E-state index is -3.99. The van der Waals surface area contributed by atoms with E-state index in [0.717, 1.165) is 16.8 Å². The molecule has 3 rings (SSSR count). The average Bonchev–Trinajstić information content (AvgIpc) is 2.96. The number of benzene rings is 1. The summed E-state index contributed by atoms with van der Waals surface area (Å²) in [6.45, 7) is -4.61. The first-order valence-electron chi connectivity index (χ1n) is 8.21. The highest BCUT2D eigenvalue weighted by atomic mass is 32.5. The Labute approximate surface area is 168 Å². The molecule has 13 heteroatoms. The number of nitrogens with one attached hydrogen (secondary N) is 1. The number of aliphatic hydroxyl groups excluding tert-OH is 2. The molecule has 0 spiro atoms. The predicted molar refractivity (Wildman–Crippen MR) is 101 cm³/mol. The van der Waals surface area contributed by atoms with E-state index in [1.165, 1.54) is 24.3 Å². The van der Waals surface area contributed by atoms with Gasteiger partial charge in [0.1, 0.15) is 24.1 Å². The lowest BCUT2D eigenvalue weighted by atomic mass is 10.1. The van der Waals surface area contributed by atoms with Gasteiger partial charge in [-0.15, -0.1) is 0 Å². The number of H-pyrrole nitrogens is 1. The van der Waals surface area contributed by atoms with Gasteiger partial charge in [-0.05, 0) is 18.2 Å². The maximum Gasteiger partial charge on any atom is 0.378 e. The van der Waals surface area contributed by atoms with Gasteiger partial charge in [-0.1, -0.05) is 6.07 Å². The largest absolute Gasteiger partial charge is 0.424 e. The Balaban J connectivity index is 1.81. The van der Waals surface area contributed by atoms with Crippen LogP contribution in [0.5, 0.6) is 5.75 Å². The second-order valence-corrected chi connectivity index (χ2v) is 8.74. The number of aromatic nitrogens is 2. The van der Waals surface area contributed by atoms with E-state index in [4.69, 9.17) is 30.9 Å². The fourth-order valence-corrected chi connectivity index (χ4v) is 4.33. The minimum Gasteiger partial charge on any atom is -0.424 e. The van der Waals surface area contributed by atoms with Gasteiger partial charge in [0.25, 0.3) is 5.56 Å². The fraction of sp³-hybridized carbons (Fsp3) is 0.312. The van der Waals surface area contributed by atoms with Crippen LogP contribution in [0.3, 0.4) is 0 Å². The van der Waals surface area contributed by atoms with Crippen molar-refractivity contribution >= 4 is 18.5 Å². The van der Waals surface area contributed by atoms with Gasteiger partial charge >= 0.3 is 12.4 Å². The topological polar surface area (TPSA) is 167 Å². The van der Waals surface area contributed by atoms with E-state index in [0.29, 0.717) is 0 Å². The average molecular weight is 441 g/mol. The van der Waals surface area contributed by atoms with E-state index in [2.05, 4.69) is 0 Å². The van der Waals surface area contributed by atoms with Crippen LogP contribution in [0.1, 0.15) is 11.8 Å². The summed E-state index contributed by atoms with van der Waals surface area (Å²) in [4.78, 5) is 35.6. The number of hydrogen-bond acceptors (Lipinski definition) is 9. The van der Waals surface area contributed by atoms with Crippen molar-refractivity contribution in [2.75, 3.05) is 6.61 Å². The standard InChI is InChI=1S/C16H16N3O8PS/c17-7-9-2-1-3-10(6-9)26-28(24,29)27-14-11(8-20)25-15(13(14)22)19-5-4-12(21)18-16(19)23/h1-6,11,13-15,20,22H,8H2,(H,24,29)(H,18,21,23)/t11-,13-,14-,15-,28?/m1/s1. The zero-order valence-corrected chi connectivity index (χ0v) is 16.3. The molecule has 5 atom stereocenters. The van der Waals surface area contributed by atoms with Gasteiger partial charge in [-0.3, -0.25) is 18.9 Å². The van der Waals surface area contributed by atoms with Crippen LogP contribution in [-0.4, -0.2) is 49.6 Å². The number of nitriles is 1. The van der Waals surface area contributed by atoms with Crippen LogP contribution in [-0.2, 0) is 21.1 Å². The van der Waals surface area contributed by atoms with Crippen molar-refractivity contribution in [1.29, 1.82) is 5.26 Å². The second-order valence-electron chi connectivity index (χ2n) is 6.03. The SMILES string of the molecule is N#Cc1cccc(OP(O)(=S)O[C@H]2[C@@H](O)[C@H](n3ccc(=O)[nH]c3=O)O[C@@H]2CO)c1. The van der Waals surface area contributed by atoms with Gasteiger partial charge in [-0.25, -0.2) is 4.79 Å². The molecule has 1 aromatic heterocycles. The van der Waals surface area contributed by atoms with E-state index in [-0.39, 0.29) is 11.3 Å². The molecule has 1 saturated heterocycles. The van der Waals surface area contributed by atoms with Crippen LogP contribution in [0.15, 0.2) is 46.1 Å². The lowest BCUT2D eigenvalue weighted by Gasteiger charge is -2.25. The Morgan fingerprint density at radius 3 is 2.79 bits per heavy atom. The summed E-state index contributed by atoms with van der Waals surface area (Å²) >= 11 is 4.97. The molecule has 0 saturated carbocycles. The van der Waals surface area contributed by atoms with Gasteiger partial charge < -0.3 is 24.4 Å². The number of aliphatic hydroxyl groups is 2. The molecule has 154 valence electrons. The van der Waals surface area contributed by atoms with E-state index in [1.807, 2.05) is 11.1 Å². The van der Waals surface area contributed by atoms with Crippen molar-refractivity contribution in [2.24, 2.45) is 0 Å². The van der Waals surface area contributed by atoms with Gasteiger partial charge in [0.15, 0.2) is 6.23 Å². The zero-order valence-electron chi connectivity index (χ0n) is 14.6. The Kier molecular flexibility index (Phi) is 6.30. The molecule has 1 aromatic carbocycles. The smallest absolute Gasteiger partial charge is 0.378 e. The normalized spacial score (nSPS) is 25.9. The summed E-state index contributed by atoms with van der Waals surface area (Å²) in [6, 6.07) is 8.81. The van der Waals surface area contributed by atoms with Crippen LogP contribution in [0.25, 0.3) is 0 Å². The first-order valence-corrected chi connectivity index (χ1v) is 10.8. The van der Waals surface area contributed by atoms with E-state index in [9.17, 15) is 24.7 Å². The lowest BCUT2D eigenvalue weighted by molar-refractivity contribution is -0.0546. The highest BCUT2D eigenvalue weighted by molar-refractivity contribution is 8.07. The summed E-state index contributed by atoms with van der Waals surface area (Å²) in [5.74, 6) is 0.0808. The quantitative estimate of drug-likeness (QED) is 0.423. The van der Waals surface area contributed by atoms with Crippen molar-refractivity contribution in [2.45, 2.75) is 24.5 Å². The molecule has 11 nitrogen and oxygen atoms in total. The molecule has 1 fully saturated rings. The van der Waals surface area contributed by atoms with Gasteiger partial charge in [0.05, 0.1) is 18.2 Å². The highest BCUT2D eigenvalue weighted by Crippen LogP contribution is 2.48. The van der Waals surface area contributed by atoms with Crippen LogP contribution >= 0.6 is 6.72 Å². The second kappa shape index (κ2) is 8.56. The van der Waals surface area contributed by atoms with Gasteiger partial charge in [-0.2, -0.15) is 5.26 Å². The zero-order chi connectivity index (χ0) is 21.2. The maximum atomic E-state index is 12.0. The molecule has 0 radical (unpaired) electrons. The van der Waals surface area contributed by atoms with Crippen molar-refractivity contribution in [1.82, 2.24) is 9.55 Å². The number of nitrogens with zero attached hydrogens (tertiary/aromatic N) is 2. The molecular formula is C16H16N3O8PS. The molecule has 1 aliphatic heterocycles.